The van der Waals surface area contributed by atoms with Gasteiger partial charge in [-0.15, -0.1) is 0 Å². The van der Waals surface area contributed by atoms with Crippen molar-refractivity contribution in [3.05, 3.63) is 33.8 Å². The molecular weight excluding hydrogens is 247 g/mol. The van der Waals surface area contributed by atoms with Crippen molar-refractivity contribution in [1.82, 2.24) is 5.32 Å². The van der Waals surface area contributed by atoms with Crippen LogP contribution in [0.4, 0.5) is 0 Å². The van der Waals surface area contributed by atoms with Gasteiger partial charge in [0, 0.05) is 16.1 Å². The smallest absolute Gasteiger partial charge is 0.0942 e. The van der Waals surface area contributed by atoms with Gasteiger partial charge in [-0.1, -0.05) is 23.2 Å². The lowest BCUT2D eigenvalue weighted by Gasteiger charge is -2.19. The van der Waals surface area contributed by atoms with E-state index in [0.717, 1.165) is 6.54 Å². The van der Waals surface area contributed by atoms with Crippen LogP contribution in [-0.4, -0.2) is 24.7 Å². The van der Waals surface area contributed by atoms with Crippen LogP contribution in [-0.2, 0) is 0 Å². The van der Waals surface area contributed by atoms with E-state index < -0.39 is 6.10 Å². The quantitative estimate of drug-likeness (QED) is 0.761. The Bertz CT molecular complexity index is 327. The van der Waals surface area contributed by atoms with Crippen LogP contribution in [0.5, 0.6) is 0 Å². The number of aliphatic hydroxyl groups is 1. The molecule has 0 bridgehead atoms. The lowest BCUT2D eigenvalue weighted by Crippen LogP contribution is -2.31. The molecule has 0 heterocycles. The van der Waals surface area contributed by atoms with Crippen molar-refractivity contribution in [1.29, 1.82) is 0 Å². The van der Waals surface area contributed by atoms with Crippen LogP contribution in [0.1, 0.15) is 18.1 Å². The highest BCUT2D eigenvalue weighted by atomic mass is 35.5. The fourth-order valence-corrected chi connectivity index (χ4v) is 2.00. The third-order valence-electron chi connectivity index (χ3n) is 2.36. The van der Waals surface area contributed by atoms with Crippen LogP contribution in [0.25, 0.3) is 0 Å². The van der Waals surface area contributed by atoms with Crippen molar-refractivity contribution in [3.63, 3.8) is 0 Å². The summed E-state index contributed by atoms with van der Waals surface area (Å²) in [4.78, 5) is 0. The second kappa shape index (κ2) is 6.42. The third-order valence-corrected chi connectivity index (χ3v) is 2.80. The molecule has 0 aliphatic rings. The van der Waals surface area contributed by atoms with Gasteiger partial charge in [0.25, 0.3) is 0 Å². The number of nitrogens with one attached hydrogen (secondary N) is 1. The van der Waals surface area contributed by atoms with E-state index in [2.05, 4.69) is 5.32 Å². The molecule has 0 saturated carbocycles. The summed E-state index contributed by atoms with van der Waals surface area (Å²) in [5, 5.41) is 14.0. The second-order valence-electron chi connectivity index (χ2n) is 3.70. The van der Waals surface area contributed by atoms with E-state index in [-0.39, 0.29) is 6.04 Å². The molecule has 0 aliphatic heterocycles. The van der Waals surface area contributed by atoms with Crippen molar-refractivity contribution in [2.75, 3.05) is 13.6 Å². The van der Waals surface area contributed by atoms with Gasteiger partial charge in [0.2, 0.25) is 0 Å². The maximum absolute atomic E-state index is 9.99. The van der Waals surface area contributed by atoms with Gasteiger partial charge < -0.3 is 16.2 Å². The summed E-state index contributed by atoms with van der Waals surface area (Å²) in [6.45, 7) is 0.756. The van der Waals surface area contributed by atoms with Crippen molar-refractivity contribution < 1.29 is 5.11 Å². The lowest BCUT2D eigenvalue weighted by molar-refractivity contribution is 0.142. The first-order valence-corrected chi connectivity index (χ1v) is 5.84. The molecule has 1 aromatic rings. The van der Waals surface area contributed by atoms with Gasteiger partial charge in [-0.2, -0.15) is 0 Å². The number of hydrogen-bond acceptors (Lipinski definition) is 3. The maximum atomic E-state index is 9.99. The molecule has 5 heteroatoms. The zero-order valence-electron chi connectivity index (χ0n) is 9.08. The van der Waals surface area contributed by atoms with E-state index in [0.29, 0.717) is 22.0 Å². The second-order valence-corrected chi connectivity index (χ2v) is 4.58. The van der Waals surface area contributed by atoms with E-state index in [1.54, 1.807) is 18.2 Å². The number of rotatable bonds is 5. The number of nitrogens with two attached hydrogens (primary N) is 1. The molecular formula is C11H16Cl2N2O. The highest BCUT2D eigenvalue weighted by Gasteiger charge is 2.17. The Morgan fingerprint density at radius 1 is 1.31 bits per heavy atom. The Hall–Kier alpha value is -0.320. The fourth-order valence-electron chi connectivity index (χ4n) is 1.46. The van der Waals surface area contributed by atoms with Crippen molar-refractivity contribution in [3.8, 4) is 0 Å². The number of benzene rings is 1. The molecule has 2 unspecified atom stereocenters. The predicted molar refractivity (Wildman–Crippen MR) is 67.9 cm³/mol. The molecule has 0 amide bonds. The van der Waals surface area contributed by atoms with E-state index in [4.69, 9.17) is 28.9 Å². The minimum Gasteiger partial charge on any atom is -0.387 e. The minimum absolute atomic E-state index is 0.331. The first-order valence-electron chi connectivity index (χ1n) is 5.09. The van der Waals surface area contributed by atoms with Crippen LogP contribution >= 0.6 is 23.2 Å². The van der Waals surface area contributed by atoms with Crippen molar-refractivity contribution >= 4 is 23.2 Å². The van der Waals surface area contributed by atoms with Crippen molar-refractivity contribution in [2.45, 2.75) is 18.6 Å². The summed E-state index contributed by atoms with van der Waals surface area (Å²) in [5.74, 6) is 0. The SMILES string of the molecule is CNCCC(N)C(O)c1cc(Cl)cc(Cl)c1. The summed E-state index contributed by atoms with van der Waals surface area (Å²) in [5.41, 5.74) is 6.51. The van der Waals surface area contributed by atoms with E-state index in [1.165, 1.54) is 0 Å². The Kier molecular flexibility index (Phi) is 5.52. The monoisotopic (exact) mass is 262 g/mol. The van der Waals surface area contributed by atoms with E-state index >= 15 is 0 Å². The lowest BCUT2D eigenvalue weighted by atomic mass is 10.0. The molecule has 90 valence electrons. The van der Waals surface area contributed by atoms with Gasteiger partial charge in [0.15, 0.2) is 0 Å². The third kappa shape index (κ3) is 3.92. The van der Waals surface area contributed by atoms with Crippen LogP contribution in [0.2, 0.25) is 10.0 Å². The van der Waals surface area contributed by atoms with Crippen LogP contribution < -0.4 is 11.1 Å². The zero-order chi connectivity index (χ0) is 12.1. The molecule has 0 aliphatic carbocycles. The molecule has 2 atom stereocenters. The largest absolute Gasteiger partial charge is 0.387 e. The molecule has 0 radical (unpaired) electrons. The zero-order valence-corrected chi connectivity index (χ0v) is 10.6. The van der Waals surface area contributed by atoms with Gasteiger partial charge in [0.1, 0.15) is 0 Å². The van der Waals surface area contributed by atoms with E-state index in [9.17, 15) is 5.11 Å². The summed E-state index contributed by atoms with van der Waals surface area (Å²) in [6, 6.07) is 4.65. The molecule has 4 N–H and O–H groups in total. The van der Waals surface area contributed by atoms with Crippen LogP contribution in [0, 0.1) is 0 Å². The molecule has 1 aromatic carbocycles. The molecule has 0 fully saturated rings. The summed E-state index contributed by atoms with van der Waals surface area (Å²) in [7, 11) is 1.84. The summed E-state index contributed by atoms with van der Waals surface area (Å²) in [6.07, 6.45) is -0.0634. The number of aliphatic hydroxyl groups excluding tert-OH is 1. The van der Waals surface area contributed by atoms with Gasteiger partial charge in [-0.05, 0) is 43.8 Å². The molecule has 0 spiro atoms. The first-order chi connectivity index (χ1) is 7.54. The van der Waals surface area contributed by atoms with Gasteiger partial charge in [-0.25, -0.2) is 0 Å². The fraction of sp³-hybridized carbons (Fsp3) is 0.455. The van der Waals surface area contributed by atoms with Crippen LogP contribution in [0.3, 0.4) is 0 Å². The molecule has 1 rings (SSSR count). The summed E-state index contributed by atoms with van der Waals surface area (Å²) >= 11 is 11.7. The number of halogens is 2. The summed E-state index contributed by atoms with van der Waals surface area (Å²) < 4.78 is 0. The van der Waals surface area contributed by atoms with Gasteiger partial charge in [0.05, 0.1) is 6.10 Å². The van der Waals surface area contributed by atoms with E-state index in [1.807, 2.05) is 7.05 Å². The molecule has 3 nitrogen and oxygen atoms in total. The predicted octanol–water partition coefficient (Wildman–Crippen LogP) is 1.96. The molecule has 0 saturated heterocycles. The molecule has 0 aromatic heterocycles. The standard InChI is InChI=1S/C11H16Cl2N2O/c1-15-3-2-10(14)11(16)7-4-8(12)6-9(13)5-7/h4-6,10-11,15-16H,2-3,14H2,1H3. The highest BCUT2D eigenvalue weighted by molar-refractivity contribution is 6.34. The Morgan fingerprint density at radius 3 is 2.38 bits per heavy atom. The average Bonchev–Trinajstić information content (AvgIpc) is 2.23. The average molecular weight is 263 g/mol. The van der Waals surface area contributed by atoms with Crippen molar-refractivity contribution in [2.24, 2.45) is 5.73 Å². The Labute approximate surface area is 106 Å². The van der Waals surface area contributed by atoms with Gasteiger partial charge >= 0.3 is 0 Å². The minimum atomic E-state index is -0.746. The van der Waals surface area contributed by atoms with Crippen LogP contribution in [0.15, 0.2) is 18.2 Å². The number of hydrogen-bond donors (Lipinski definition) is 3. The molecule has 16 heavy (non-hydrogen) atoms. The Morgan fingerprint density at radius 2 is 1.88 bits per heavy atom. The first kappa shape index (κ1) is 13.7. The highest BCUT2D eigenvalue weighted by Crippen LogP contribution is 2.25. The topological polar surface area (TPSA) is 58.3 Å². The Balaban J connectivity index is 2.74. The van der Waals surface area contributed by atoms with Gasteiger partial charge in [-0.3, -0.25) is 0 Å². The maximum Gasteiger partial charge on any atom is 0.0942 e. The normalized spacial score (nSPS) is 14.8.